The minimum atomic E-state index is -0.972. The van der Waals surface area contributed by atoms with Gasteiger partial charge in [-0.3, -0.25) is 10.1 Å². The molecule has 0 saturated carbocycles. The van der Waals surface area contributed by atoms with Crippen LogP contribution in [0.4, 0.5) is 10.1 Å². The van der Waals surface area contributed by atoms with Crippen molar-refractivity contribution in [3.63, 3.8) is 0 Å². The zero-order chi connectivity index (χ0) is 15.3. The van der Waals surface area contributed by atoms with Crippen LogP contribution >= 0.6 is 15.9 Å². The number of hydrogen-bond acceptors (Lipinski definition) is 5. The van der Waals surface area contributed by atoms with E-state index in [1.54, 1.807) is 6.92 Å². The average Bonchev–Trinajstić information content (AvgIpc) is 2.38. The van der Waals surface area contributed by atoms with Gasteiger partial charge >= 0.3 is 5.69 Å². The van der Waals surface area contributed by atoms with E-state index in [0.717, 1.165) is 12.1 Å². The highest BCUT2D eigenvalue weighted by Gasteiger charge is 2.20. The molecule has 0 fully saturated rings. The minimum Gasteiger partial charge on any atom is -0.487 e. The lowest BCUT2D eigenvalue weighted by atomic mass is 10.00. The molecule has 6 nitrogen and oxygen atoms in total. The number of nitriles is 1. The number of nitro benzene ring substituents is 1. The Hall–Kier alpha value is -1.72. The highest BCUT2D eigenvalue weighted by molar-refractivity contribution is 9.10. The van der Waals surface area contributed by atoms with Crippen LogP contribution in [0.3, 0.4) is 0 Å². The van der Waals surface area contributed by atoms with E-state index < -0.39 is 16.3 Å². The van der Waals surface area contributed by atoms with Crippen LogP contribution in [-0.4, -0.2) is 17.1 Å². The molecule has 108 valence electrons. The summed E-state index contributed by atoms with van der Waals surface area (Å²) in [6.45, 7) is 1.69. The summed E-state index contributed by atoms with van der Waals surface area (Å²) in [6, 6.07) is 3.94. The van der Waals surface area contributed by atoms with Gasteiger partial charge in [-0.15, -0.1) is 0 Å². The van der Waals surface area contributed by atoms with Gasteiger partial charge in [0.25, 0.3) is 0 Å². The Labute approximate surface area is 123 Å². The van der Waals surface area contributed by atoms with E-state index in [4.69, 9.17) is 15.7 Å². The third-order valence-corrected chi connectivity index (χ3v) is 3.16. The van der Waals surface area contributed by atoms with E-state index in [9.17, 15) is 14.5 Å². The van der Waals surface area contributed by atoms with Gasteiger partial charge in [-0.25, -0.2) is 4.39 Å². The number of nitrogens with two attached hydrogens (primary N) is 1. The van der Waals surface area contributed by atoms with E-state index in [1.807, 2.05) is 6.07 Å². The van der Waals surface area contributed by atoms with Crippen LogP contribution in [-0.2, 0) is 0 Å². The fourth-order valence-electron chi connectivity index (χ4n) is 1.45. The largest absolute Gasteiger partial charge is 0.487 e. The van der Waals surface area contributed by atoms with E-state index in [2.05, 4.69) is 15.9 Å². The van der Waals surface area contributed by atoms with Gasteiger partial charge < -0.3 is 10.5 Å². The van der Waals surface area contributed by atoms with Crippen molar-refractivity contribution in [3.8, 4) is 11.8 Å². The molecule has 0 heterocycles. The molecule has 20 heavy (non-hydrogen) atoms. The van der Waals surface area contributed by atoms with Gasteiger partial charge in [0.2, 0.25) is 0 Å². The molecule has 0 saturated heterocycles. The Bertz CT molecular complexity index is 558. The van der Waals surface area contributed by atoms with Gasteiger partial charge in [-0.1, -0.05) is 0 Å². The van der Waals surface area contributed by atoms with E-state index in [-0.39, 0.29) is 22.5 Å². The molecule has 0 amide bonds. The standard InChI is InChI=1S/C12H13BrFN3O3/c1-12(16,7-15)3-2-4-20-11-6-9(14)8(13)5-10(11)17(18)19/h5-6H,2-4,16H2,1H3. The summed E-state index contributed by atoms with van der Waals surface area (Å²) in [6.07, 6.45) is 0.797. The predicted octanol–water partition coefficient (Wildman–Crippen LogP) is 2.90. The van der Waals surface area contributed by atoms with Crippen LogP contribution in [0.2, 0.25) is 0 Å². The number of hydrogen-bond donors (Lipinski definition) is 1. The molecule has 0 aliphatic rings. The van der Waals surface area contributed by atoms with Crippen LogP contribution in [0.25, 0.3) is 0 Å². The second-order valence-electron chi connectivity index (χ2n) is 4.47. The monoisotopic (exact) mass is 345 g/mol. The van der Waals surface area contributed by atoms with Crippen molar-refractivity contribution in [1.29, 1.82) is 5.26 Å². The van der Waals surface area contributed by atoms with E-state index in [0.29, 0.717) is 12.8 Å². The smallest absolute Gasteiger partial charge is 0.312 e. The predicted molar refractivity (Wildman–Crippen MR) is 73.7 cm³/mol. The fraction of sp³-hybridized carbons (Fsp3) is 0.417. The number of benzene rings is 1. The normalized spacial score (nSPS) is 13.3. The van der Waals surface area contributed by atoms with Crippen molar-refractivity contribution in [2.45, 2.75) is 25.3 Å². The summed E-state index contributed by atoms with van der Waals surface area (Å²) in [4.78, 5) is 10.2. The summed E-state index contributed by atoms with van der Waals surface area (Å²) >= 11 is 2.88. The Morgan fingerprint density at radius 3 is 2.85 bits per heavy atom. The van der Waals surface area contributed by atoms with E-state index >= 15 is 0 Å². The van der Waals surface area contributed by atoms with Crippen LogP contribution in [0, 0.1) is 27.3 Å². The maximum absolute atomic E-state index is 13.4. The Kier molecular flexibility index (Phi) is 5.42. The van der Waals surface area contributed by atoms with Gasteiger partial charge in [-0.05, 0) is 35.7 Å². The van der Waals surface area contributed by atoms with Gasteiger partial charge in [-0.2, -0.15) is 5.26 Å². The Balaban J connectivity index is 2.71. The van der Waals surface area contributed by atoms with Crippen molar-refractivity contribution in [2.24, 2.45) is 5.73 Å². The minimum absolute atomic E-state index is 0.00411. The number of nitro groups is 1. The highest BCUT2D eigenvalue weighted by atomic mass is 79.9. The summed E-state index contributed by atoms with van der Waals surface area (Å²) in [5, 5.41) is 19.6. The summed E-state index contributed by atoms with van der Waals surface area (Å²) in [5.41, 5.74) is 4.33. The lowest BCUT2D eigenvalue weighted by Gasteiger charge is -2.15. The Morgan fingerprint density at radius 2 is 2.30 bits per heavy atom. The number of halogens is 2. The maximum atomic E-state index is 13.4. The Morgan fingerprint density at radius 1 is 1.65 bits per heavy atom. The summed E-state index contributed by atoms with van der Waals surface area (Å²) < 4.78 is 18.6. The molecule has 1 atom stereocenters. The first-order chi connectivity index (χ1) is 9.26. The molecule has 2 N–H and O–H groups in total. The third kappa shape index (κ3) is 4.43. The van der Waals surface area contributed by atoms with Gasteiger partial charge in [0.05, 0.1) is 22.1 Å². The third-order valence-electron chi connectivity index (χ3n) is 2.55. The van der Waals surface area contributed by atoms with Crippen molar-refractivity contribution < 1.29 is 14.1 Å². The highest BCUT2D eigenvalue weighted by Crippen LogP contribution is 2.32. The first kappa shape index (κ1) is 16.3. The molecule has 1 rings (SSSR count). The van der Waals surface area contributed by atoms with Gasteiger partial charge in [0.1, 0.15) is 11.4 Å². The van der Waals surface area contributed by atoms with E-state index in [1.165, 1.54) is 0 Å². The quantitative estimate of drug-likeness (QED) is 0.485. The lowest BCUT2D eigenvalue weighted by molar-refractivity contribution is -0.386. The topological polar surface area (TPSA) is 102 Å². The SMILES string of the molecule is CC(N)(C#N)CCCOc1cc(F)c(Br)cc1[N+](=O)[O-]. The fourth-order valence-corrected chi connectivity index (χ4v) is 1.79. The molecule has 8 heteroatoms. The van der Waals surface area contributed by atoms with Crippen molar-refractivity contribution >= 4 is 21.6 Å². The van der Waals surface area contributed by atoms with Crippen LogP contribution in [0.15, 0.2) is 16.6 Å². The zero-order valence-corrected chi connectivity index (χ0v) is 12.3. The molecule has 0 aliphatic heterocycles. The van der Waals surface area contributed by atoms with Crippen LogP contribution < -0.4 is 10.5 Å². The maximum Gasteiger partial charge on any atom is 0.312 e. The van der Waals surface area contributed by atoms with Crippen molar-refractivity contribution in [1.82, 2.24) is 0 Å². The molecular formula is C12H13BrFN3O3. The van der Waals surface area contributed by atoms with Gasteiger partial charge in [0.15, 0.2) is 5.75 Å². The van der Waals surface area contributed by atoms with Crippen molar-refractivity contribution in [2.75, 3.05) is 6.61 Å². The molecule has 1 aromatic rings. The van der Waals surface area contributed by atoms with Gasteiger partial charge in [0, 0.05) is 12.1 Å². The first-order valence-corrected chi connectivity index (χ1v) is 6.52. The number of nitrogens with zero attached hydrogens (tertiary/aromatic N) is 2. The van der Waals surface area contributed by atoms with Crippen molar-refractivity contribution in [3.05, 3.63) is 32.5 Å². The molecule has 0 bridgehead atoms. The molecular weight excluding hydrogens is 333 g/mol. The molecule has 0 radical (unpaired) electrons. The molecule has 0 aliphatic carbocycles. The van der Waals surface area contributed by atoms with Crippen LogP contribution in [0.1, 0.15) is 19.8 Å². The zero-order valence-electron chi connectivity index (χ0n) is 10.7. The average molecular weight is 346 g/mol. The molecule has 1 unspecified atom stereocenters. The second kappa shape index (κ2) is 6.63. The molecule has 0 aromatic heterocycles. The first-order valence-electron chi connectivity index (χ1n) is 5.73. The van der Waals surface area contributed by atoms with Crippen LogP contribution in [0.5, 0.6) is 5.75 Å². The summed E-state index contributed by atoms with van der Waals surface area (Å²) in [5.74, 6) is -0.794. The number of ether oxygens (including phenoxy) is 1. The molecule has 1 aromatic carbocycles. The molecule has 0 spiro atoms. The second-order valence-corrected chi connectivity index (χ2v) is 5.33. The number of rotatable bonds is 6. The summed E-state index contributed by atoms with van der Waals surface area (Å²) in [7, 11) is 0. The lowest BCUT2D eigenvalue weighted by Crippen LogP contribution is -2.34.